The summed E-state index contributed by atoms with van der Waals surface area (Å²) in [7, 11) is 1.68. The third kappa shape index (κ3) is 4.75. The van der Waals surface area contributed by atoms with Gasteiger partial charge in [-0.25, -0.2) is 4.98 Å². The van der Waals surface area contributed by atoms with E-state index in [9.17, 15) is 0 Å². The van der Waals surface area contributed by atoms with E-state index in [1.807, 2.05) is 54.7 Å². The van der Waals surface area contributed by atoms with Gasteiger partial charge in [-0.3, -0.25) is 4.98 Å². The molecular formula is C32H26N2O. The zero-order chi connectivity index (χ0) is 24.0. The molecule has 0 atom stereocenters. The van der Waals surface area contributed by atoms with Crippen LogP contribution in [0.4, 0.5) is 0 Å². The zero-order valence-electron chi connectivity index (χ0n) is 19.8. The molecule has 6 rings (SSSR count). The fourth-order valence-electron chi connectivity index (χ4n) is 4.33. The van der Waals surface area contributed by atoms with Gasteiger partial charge in [0.15, 0.2) is 0 Å². The molecule has 3 nitrogen and oxygen atoms in total. The van der Waals surface area contributed by atoms with Crippen molar-refractivity contribution in [2.75, 3.05) is 7.11 Å². The first kappa shape index (κ1) is 22.3. The molecule has 0 bridgehead atoms. The summed E-state index contributed by atoms with van der Waals surface area (Å²) in [5.74, 6) is 0.852. The number of fused-ring (bicyclic) bond motifs is 2. The molecule has 4 aromatic carbocycles. The van der Waals surface area contributed by atoms with Crippen LogP contribution in [-0.2, 0) is 0 Å². The largest absolute Gasteiger partial charge is 0.497 e. The summed E-state index contributed by atoms with van der Waals surface area (Å²) in [6.07, 6.45) is 1.81. The van der Waals surface area contributed by atoms with Crippen LogP contribution in [0.25, 0.3) is 44.2 Å². The summed E-state index contributed by atoms with van der Waals surface area (Å²) >= 11 is 0. The van der Waals surface area contributed by atoms with Crippen LogP contribution in [-0.4, -0.2) is 17.1 Å². The molecular weight excluding hydrogens is 428 g/mol. The van der Waals surface area contributed by atoms with Gasteiger partial charge in [0.25, 0.3) is 0 Å². The molecule has 0 unspecified atom stereocenters. The number of aromatic nitrogens is 2. The van der Waals surface area contributed by atoms with Gasteiger partial charge < -0.3 is 4.74 Å². The van der Waals surface area contributed by atoms with Gasteiger partial charge in [-0.15, -0.1) is 0 Å². The van der Waals surface area contributed by atoms with E-state index in [2.05, 4.69) is 78.6 Å². The smallest absolute Gasteiger partial charge is 0.118 e. The minimum absolute atomic E-state index is 0.852. The fraction of sp³-hybridized carbons (Fsp3) is 0.0625. The van der Waals surface area contributed by atoms with Crippen molar-refractivity contribution in [1.82, 2.24) is 9.97 Å². The van der Waals surface area contributed by atoms with Crippen LogP contribution in [0.15, 0.2) is 121 Å². The lowest BCUT2D eigenvalue weighted by Crippen LogP contribution is -1.95. The van der Waals surface area contributed by atoms with Crippen LogP contribution >= 0.6 is 0 Å². The Morgan fingerprint density at radius 3 is 2.00 bits per heavy atom. The second kappa shape index (κ2) is 10.2. The molecule has 0 aliphatic rings. The van der Waals surface area contributed by atoms with Gasteiger partial charge in [0.05, 0.1) is 23.8 Å². The first-order valence-electron chi connectivity index (χ1n) is 11.6. The lowest BCUT2D eigenvalue weighted by Gasteiger charge is -2.15. The van der Waals surface area contributed by atoms with Crippen LogP contribution in [0, 0.1) is 6.92 Å². The van der Waals surface area contributed by atoms with Gasteiger partial charge >= 0.3 is 0 Å². The Morgan fingerprint density at radius 1 is 0.600 bits per heavy atom. The van der Waals surface area contributed by atoms with Crippen LogP contribution < -0.4 is 4.74 Å². The van der Waals surface area contributed by atoms with E-state index < -0.39 is 0 Å². The number of methoxy groups -OCH3 is 1. The molecule has 0 amide bonds. The maximum Gasteiger partial charge on any atom is 0.118 e. The molecule has 6 aromatic rings. The summed E-state index contributed by atoms with van der Waals surface area (Å²) in [5, 5.41) is 2.38. The number of para-hydroxylation sites is 2. The number of hydrogen-bond acceptors (Lipinski definition) is 3. The minimum Gasteiger partial charge on any atom is -0.497 e. The second-order valence-corrected chi connectivity index (χ2v) is 8.27. The van der Waals surface area contributed by atoms with Crippen molar-refractivity contribution in [3.8, 4) is 28.1 Å². The summed E-state index contributed by atoms with van der Waals surface area (Å²) in [6, 6.07) is 39.0. The van der Waals surface area contributed by atoms with Crippen molar-refractivity contribution in [3.63, 3.8) is 0 Å². The number of rotatable bonds is 3. The molecule has 0 fully saturated rings. The van der Waals surface area contributed by atoms with E-state index in [1.165, 1.54) is 27.5 Å². The molecule has 0 N–H and O–H groups in total. The van der Waals surface area contributed by atoms with E-state index in [4.69, 9.17) is 9.72 Å². The van der Waals surface area contributed by atoms with E-state index in [0.717, 1.165) is 28.0 Å². The molecule has 0 aliphatic carbocycles. The highest BCUT2D eigenvalue weighted by Gasteiger charge is 2.14. The van der Waals surface area contributed by atoms with Crippen LogP contribution in [0.2, 0.25) is 0 Å². The van der Waals surface area contributed by atoms with Gasteiger partial charge in [-0.2, -0.15) is 0 Å². The Morgan fingerprint density at radius 2 is 1.26 bits per heavy atom. The Kier molecular flexibility index (Phi) is 6.49. The third-order valence-corrected chi connectivity index (χ3v) is 6.07. The Hall–Kier alpha value is -4.50. The van der Waals surface area contributed by atoms with Gasteiger partial charge in [-0.1, -0.05) is 72.8 Å². The SMILES string of the molecule is COc1ccc(-c2nc3ccccc3c(-c3ccccc3)c2C)cc1.c1ccc2ncccc2c1. The predicted octanol–water partition coefficient (Wildman–Crippen LogP) is 8.12. The number of ether oxygens (including phenoxy) is 1. The third-order valence-electron chi connectivity index (χ3n) is 6.07. The van der Waals surface area contributed by atoms with Crippen molar-refractivity contribution in [2.24, 2.45) is 0 Å². The molecule has 170 valence electrons. The monoisotopic (exact) mass is 454 g/mol. The highest BCUT2D eigenvalue weighted by atomic mass is 16.5. The standard InChI is InChI=1S/C23H19NO.C9H7N/c1-16-22(17-8-4-3-5-9-17)20-10-6-7-11-21(20)24-23(16)18-12-14-19(25-2)15-13-18;1-2-6-9-8(4-1)5-3-7-10-9/h3-15H,1-2H3;1-7H. The number of benzene rings is 4. The highest BCUT2D eigenvalue weighted by molar-refractivity contribution is 5.99. The van der Waals surface area contributed by atoms with E-state index in [1.54, 1.807) is 7.11 Å². The number of nitrogens with zero attached hydrogens (tertiary/aromatic N) is 2. The maximum atomic E-state index is 5.28. The highest BCUT2D eigenvalue weighted by Crippen LogP contribution is 2.36. The minimum atomic E-state index is 0.852. The van der Waals surface area contributed by atoms with Crippen LogP contribution in [0.5, 0.6) is 5.75 Å². The van der Waals surface area contributed by atoms with Gasteiger partial charge in [0, 0.05) is 22.5 Å². The van der Waals surface area contributed by atoms with Crippen molar-refractivity contribution in [3.05, 3.63) is 127 Å². The normalized spacial score (nSPS) is 10.6. The Bertz CT molecular complexity index is 1510. The Balaban J connectivity index is 0.000000211. The van der Waals surface area contributed by atoms with Crippen molar-refractivity contribution < 1.29 is 4.74 Å². The summed E-state index contributed by atoms with van der Waals surface area (Å²) in [5.41, 5.74) is 7.84. The molecule has 0 spiro atoms. The summed E-state index contributed by atoms with van der Waals surface area (Å²) in [6.45, 7) is 2.15. The maximum absolute atomic E-state index is 5.28. The average Bonchev–Trinajstić information content (AvgIpc) is 2.94. The number of hydrogen-bond donors (Lipinski definition) is 0. The van der Waals surface area contributed by atoms with Crippen molar-refractivity contribution in [2.45, 2.75) is 6.92 Å². The molecule has 35 heavy (non-hydrogen) atoms. The molecule has 0 saturated heterocycles. The van der Waals surface area contributed by atoms with Crippen LogP contribution in [0.3, 0.4) is 0 Å². The summed E-state index contributed by atoms with van der Waals surface area (Å²) in [4.78, 5) is 9.13. The van der Waals surface area contributed by atoms with Crippen molar-refractivity contribution >= 4 is 21.8 Å². The van der Waals surface area contributed by atoms with Gasteiger partial charge in [0.1, 0.15) is 5.75 Å². The first-order valence-corrected chi connectivity index (χ1v) is 11.6. The molecule has 0 radical (unpaired) electrons. The van der Waals surface area contributed by atoms with Gasteiger partial charge in [-0.05, 0) is 66.1 Å². The van der Waals surface area contributed by atoms with Gasteiger partial charge in [0.2, 0.25) is 0 Å². The fourth-order valence-corrected chi connectivity index (χ4v) is 4.33. The van der Waals surface area contributed by atoms with Crippen molar-refractivity contribution in [1.29, 1.82) is 0 Å². The molecule has 3 heteroatoms. The topological polar surface area (TPSA) is 35.0 Å². The zero-order valence-corrected chi connectivity index (χ0v) is 19.8. The van der Waals surface area contributed by atoms with Crippen LogP contribution in [0.1, 0.15) is 5.56 Å². The molecule has 0 aliphatic heterocycles. The predicted molar refractivity (Wildman–Crippen MR) is 146 cm³/mol. The van der Waals surface area contributed by atoms with E-state index >= 15 is 0 Å². The molecule has 0 saturated carbocycles. The molecule has 2 heterocycles. The van der Waals surface area contributed by atoms with E-state index in [0.29, 0.717) is 0 Å². The van der Waals surface area contributed by atoms with E-state index in [-0.39, 0.29) is 0 Å². The lowest BCUT2D eigenvalue weighted by atomic mass is 9.93. The molecule has 2 aromatic heterocycles. The summed E-state index contributed by atoms with van der Waals surface area (Å²) < 4.78 is 5.28. The lowest BCUT2D eigenvalue weighted by molar-refractivity contribution is 0.415. The first-order chi connectivity index (χ1) is 17.2. The Labute approximate surface area is 205 Å². The quantitative estimate of drug-likeness (QED) is 0.271. The second-order valence-electron chi connectivity index (χ2n) is 8.27. The average molecular weight is 455 g/mol. The number of pyridine rings is 2.